The van der Waals surface area contributed by atoms with Crippen LogP contribution < -0.4 is 10.1 Å². The minimum Gasteiger partial charge on any atom is -0.482 e. The molecule has 3 nitrogen and oxygen atoms in total. The molecule has 1 spiro atoms. The van der Waals surface area contributed by atoms with Gasteiger partial charge in [-0.3, -0.25) is 0 Å². The lowest BCUT2D eigenvalue weighted by molar-refractivity contribution is -0.0126. The van der Waals surface area contributed by atoms with Crippen LogP contribution in [0.4, 0.5) is 0 Å². The molecule has 0 amide bonds. The molecule has 2 heterocycles. The molecule has 15 heavy (non-hydrogen) atoms. The van der Waals surface area contributed by atoms with Crippen molar-refractivity contribution < 1.29 is 9.84 Å². The Labute approximate surface area is 93.0 Å². The SMILES string of the molecule is OC1c2cc(Cl)ccc2OC12CCNC2. The van der Waals surface area contributed by atoms with E-state index in [2.05, 4.69) is 5.32 Å². The topological polar surface area (TPSA) is 41.5 Å². The molecule has 2 unspecified atom stereocenters. The van der Waals surface area contributed by atoms with Crippen molar-refractivity contribution in [3.63, 3.8) is 0 Å². The minimum absolute atomic E-state index is 0.465. The first-order valence-electron chi connectivity index (χ1n) is 5.09. The fraction of sp³-hybridized carbons (Fsp3) is 0.455. The van der Waals surface area contributed by atoms with Gasteiger partial charge in [-0.25, -0.2) is 0 Å². The number of aliphatic hydroxyl groups is 1. The van der Waals surface area contributed by atoms with Gasteiger partial charge in [-0.2, -0.15) is 0 Å². The minimum atomic E-state index is -0.568. The van der Waals surface area contributed by atoms with Crippen LogP contribution >= 0.6 is 11.6 Å². The van der Waals surface area contributed by atoms with Crippen molar-refractivity contribution in [3.05, 3.63) is 28.8 Å². The standard InChI is InChI=1S/C11H12ClNO2/c12-7-1-2-9-8(5-7)10(14)11(15-9)3-4-13-6-11/h1-2,5,10,13-14H,3-4,6H2. The second-order valence-electron chi connectivity index (χ2n) is 4.18. The molecule has 2 aliphatic rings. The van der Waals surface area contributed by atoms with E-state index in [0.29, 0.717) is 11.6 Å². The zero-order valence-corrected chi connectivity index (χ0v) is 8.92. The van der Waals surface area contributed by atoms with E-state index in [4.69, 9.17) is 16.3 Å². The summed E-state index contributed by atoms with van der Waals surface area (Å²) in [5.74, 6) is 0.760. The first-order chi connectivity index (χ1) is 7.21. The quantitative estimate of drug-likeness (QED) is 0.703. The second kappa shape index (κ2) is 3.11. The van der Waals surface area contributed by atoms with Crippen LogP contribution in [-0.4, -0.2) is 23.8 Å². The number of fused-ring (bicyclic) bond motifs is 1. The number of ether oxygens (including phenoxy) is 1. The number of benzene rings is 1. The smallest absolute Gasteiger partial charge is 0.152 e. The fourth-order valence-corrected chi connectivity index (χ4v) is 2.57. The van der Waals surface area contributed by atoms with E-state index in [1.165, 1.54) is 0 Å². The van der Waals surface area contributed by atoms with E-state index in [9.17, 15) is 5.11 Å². The van der Waals surface area contributed by atoms with Gasteiger partial charge in [0.15, 0.2) is 5.60 Å². The van der Waals surface area contributed by atoms with E-state index in [0.717, 1.165) is 24.3 Å². The third-order valence-electron chi connectivity index (χ3n) is 3.23. The van der Waals surface area contributed by atoms with Gasteiger partial charge in [-0.1, -0.05) is 11.6 Å². The third-order valence-corrected chi connectivity index (χ3v) is 3.46. The van der Waals surface area contributed by atoms with Crippen molar-refractivity contribution in [2.75, 3.05) is 13.1 Å². The maximum absolute atomic E-state index is 10.2. The Balaban J connectivity index is 2.04. The monoisotopic (exact) mass is 225 g/mol. The van der Waals surface area contributed by atoms with Crippen molar-refractivity contribution in [2.24, 2.45) is 0 Å². The molecule has 0 saturated carbocycles. The van der Waals surface area contributed by atoms with Crippen LogP contribution in [0.15, 0.2) is 18.2 Å². The van der Waals surface area contributed by atoms with Gasteiger partial charge in [0.1, 0.15) is 11.9 Å². The molecule has 1 aromatic rings. The summed E-state index contributed by atoms with van der Waals surface area (Å²) in [7, 11) is 0. The molecule has 2 N–H and O–H groups in total. The molecule has 1 aromatic carbocycles. The number of nitrogens with one attached hydrogen (secondary N) is 1. The lowest BCUT2D eigenvalue weighted by atomic mass is 9.93. The van der Waals surface area contributed by atoms with E-state index in [1.807, 2.05) is 6.07 Å². The molecule has 4 heteroatoms. The van der Waals surface area contributed by atoms with Crippen LogP contribution in [0.1, 0.15) is 18.1 Å². The average molecular weight is 226 g/mol. The highest BCUT2D eigenvalue weighted by Crippen LogP contribution is 2.46. The van der Waals surface area contributed by atoms with Crippen molar-refractivity contribution >= 4 is 11.6 Å². The van der Waals surface area contributed by atoms with Gasteiger partial charge in [0.05, 0.1) is 0 Å². The number of hydrogen-bond donors (Lipinski definition) is 2. The Morgan fingerprint density at radius 1 is 1.53 bits per heavy atom. The van der Waals surface area contributed by atoms with E-state index in [-0.39, 0.29) is 0 Å². The first-order valence-corrected chi connectivity index (χ1v) is 5.46. The van der Waals surface area contributed by atoms with E-state index in [1.54, 1.807) is 12.1 Å². The van der Waals surface area contributed by atoms with Gasteiger partial charge in [-0.15, -0.1) is 0 Å². The summed E-state index contributed by atoms with van der Waals surface area (Å²) in [6.45, 7) is 1.58. The Morgan fingerprint density at radius 3 is 3.13 bits per heavy atom. The van der Waals surface area contributed by atoms with Gasteiger partial charge in [0.2, 0.25) is 0 Å². The lowest BCUT2D eigenvalue weighted by Crippen LogP contribution is -2.40. The summed E-state index contributed by atoms with van der Waals surface area (Å²) < 4.78 is 5.85. The van der Waals surface area contributed by atoms with Gasteiger partial charge in [0, 0.05) is 23.6 Å². The molecule has 1 fully saturated rings. The molecule has 80 valence electrons. The zero-order valence-electron chi connectivity index (χ0n) is 8.16. The van der Waals surface area contributed by atoms with Crippen LogP contribution in [0.5, 0.6) is 5.75 Å². The van der Waals surface area contributed by atoms with Gasteiger partial charge < -0.3 is 15.2 Å². The number of halogens is 1. The van der Waals surface area contributed by atoms with Gasteiger partial charge in [-0.05, 0) is 24.7 Å². The fourth-order valence-electron chi connectivity index (χ4n) is 2.39. The highest BCUT2D eigenvalue weighted by atomic mass is 35.5. The normalized spacial score (nSPS) is 33.1. The van der Waals surface area contributed by atoms with E-state index < -0.39 is 11.7 Å². The van der Waals surface area contributed by atoms with Crippen molar-refractivity contribution in [3.8, 4) is 5.75 Å². The molecular weight excluding hydrogens is 214 g/mol. The molecule has 0 bridgehead atoms. The summed E-state index contributed by atoms with van der Waals surface area (Å²) in [6.07, 6.45) is 0.265. The van der Waals surface area contributed by atoms with Crippen LogP contribution in [0.25, 0.3) is 0 Å². The molecule has 2 atom stereocenters. The first kappa shape index (κ1) is 9.46. The van der Waals surface area contributed by atoms with E-state index >= 15 is 0 Å². The number of hydrogen-bond acceptors (Lipinski definition) is 3. The molecule has 0 radical (unpaired) electrons. The molecular formula is C11H12ClNO2. The van der Waals surface area contributed by atoms with Gasteiger partial charge in [0.25, 0.3) is 0 Å². The summed E-state index contributed by atoms with van der Waals surface area (Å²) in [6, 6.07) is 5.40. The van der Waals surface area contributed by atoms with Crippen LogP contribution in [0.2, 0.25) is 5.02 Å². The molecule has 1 saturated heterocycles. The van der Waals surface area contributed by atoms with Gasteiger partial charge >= 0.3 is 0 Å². The Morgan fingerprint density at radius 2 is 2.40 bits per heavy atom. The summed E-state index contributed by atoms with van der Waals surface area (Å²) in [4.78, 5) is 0. The van der Waals surface area contributed by atoms with Crippen molar-refractivity contribution in [1.29, 1.82) is 0 Å². The van der Waals surface area contributed by atoms with Crippen LogP contribution in [0.3, 0.4) is 0 Å². The second-order valence-corrected chi connectivity index (χ2v) is 4.61. The Bertz CT molecular complexity index is 402. The molecule has 0 aromatic heterocycles. The van der Waals surface area contributed by atoms with Crippen LogP contribution in [-0.2, 0) is 0 Å². The summed E-state index contributed by atoms with van der Waals surface area (Å²) in [5.41, 5.74) is 0.346. The molecule has 2 aliphatic heterocycles. The Hall–Kier alpha value is -0.770. The van der Waals surface area contributed by atoms with Crippen molar-refractivity contribution in [1.82, 2.24) is 5.32 Å². The van der Waals surface area contributed by atoms with Crippen LogP contribution in [0, 0.1) is 0 Å². The lowest BCUT2D eigenvalue weighted by Gasteiger charge is -2.25. The Kier molecular flexibility index (Phi) is 1.96. The maximum atomic E-state index is 10.2. The van der Waals surface area contributed by atoms with Crippen molar-refractivity contribution in [2.45, 2.75) is 18.1 Å². The summed E-state index contributed by atoms with van der Waals surface area (Å²) in [5, 5.41) is 14.1. The summed E-state index contributed by atoms with van der Waals surface area (Å²) >= 11 is 5.90. The predicted octanol–water partition coefficient (Wildman–Crippen LogP) is 1.50. The highest BCUT2D eigenvalue weighted by molar-refractivity contribution is 6.30. The predicted molar refractivity (Wildman–Crippen MR) is 57.3 cm³/mol. The highest BCUT2D eigenvalue weighted by Gasteiger charge is 2.49. The largest absolute Gasteiger partial charge is 0.482 e. The number of aliphatic hydroxyl groups excluding tert-OH is 1. The number of rotatable bonds is 0. The zero-order chi connectivity index (χ0) is 10.5. The average Bonchev–Trinajstić information content (AvgIpc) is 2.78. The third kappa shape index (κ3) is 1.27. The maximum Gasteiger partial charge on any atom is 0.152 e. The molecule has 3 rings (SSSR count). The molecule has 0 aliphatic carbocycles.